The second-order valence-electron chi connectivity index (χ2n) is 4.22. The third-order valence-electron chi connectivity index (χ3n) is 2.78. The van der Waals surface area contributed by atoms with Crippen LogP contribution >= 0.6 is 0 Å². The van der Waals surface area contributed by atoms with E-state index in [0.717, 1.165) is 12.1 Å². The van der Waals surface area contributed by atoms with E-state index < -0.39 is 17.5 Å². The van der Waals surface area contributed by atoms with Crippen LogP contribution < -0.4 is 10.6 Å². The van der Waals surface area contributed by atoms with Crippen LogP contribution in [-0.4, -0.2) is 17.9 Å². The minimum atomic E-state index is -0.693. The maximum absolute atomic E-state index is 13.6. The first-order valence-corrected chi connectivity index (χ1v) is 5.92. The van der Waals surface area contributed by atoms with Gasteiger partial charge in [0.15, 0.2) is 0 Å². The summed E-state index contributed by atoms with van der Waals surface area (Å²) in [6.07, 6.45) is 1.45. The molecule has 0 radical (unpaired) electrons. The number of amides is 1. The average Bonchev–Trinajstić information content (AvgIpc) is 2.44. The SMILES string of the molecule is CNc1ccnc(C(=O)Nc2cc(F)c(C)cc2F)c1. The topological polar surface area (TPSA) is 54.0 Å². The van der Waals surface area contributed by atoms with Crippen molar-refractivity contribution in [3.05, 3.63) is 53.4 Å². The van der Waals surface area contributed by atoms with E-state index in [9.17, 15) is 13.6 Å². The van der Waals surface area contributed by atoms with Crippen LogP contribution in [0, 0.1) is 18.6 Å². The Labute approximate surface area is 114 Å². The molecular formula is C14H13F2N3O. The zero-order valence-corrected chi connectivity index (χ0v) is 11.0. The van der Waals surface area contributed by atoms with E-state index in [1.807, 2.05) is 0 Å². The lowest BCUT2D eigenvalue weighted by Gasteiger charge is -2.08. The van der Waals surface area contributed by atoms with Gasteiger partial charge in [-0.3, -0.25) is 9.78 Å². The number of nitrogens with zero attached hydrogens (tertiary/aromatic N) is 1. The fraction of sp³-hybridized carbons (Fsp3) is 0.143. The van der Waals surface area contributed by atoms with Crippen molar-refractivity contribution >= 4 is 17.3 Å². The third kappa shape index (κ3) is 2.90. The Bertz CT molecular complexity index is 659. The summed E-state index contributed by atoms with van der Waals surface area (Å²) >= 11 is 0. The predicted molar refractivity (Wildman–Crippen MR) is 72.8 cm³/mol. The first kappa shape index (κ1) is 13.9. The van der Waals surface area contributed by atoms with Crippen molar-refractivity contribution in [3.8, 4) is 0 Å². The summed E-state index contributed by atoms with van der Waals surface area (Å²) in [6.45, 7) is 1.45. The molecule has 0 aliphatic carbocycles. The fourth-order valence-electron chi connectivity index (χ4n) is 1.64. The van der Waals surface area contributed by atoms with Crippen molar-refractivity contribution in [2.75, 3.05) is 17.7 Å². The van der Waals surface area contributed by atoms with Gasteiger partial charge in [0.25, 0.3) is 5.91 Å². The molecule has 104 valence electrons. The summed E-state index contributed by atoms with van der Waals surface area (Å²) in [5.41, 5.74) is 0.767. The number of hydrogen-bond acceptors (Lipinski definition) is 3. The zero-order chi connectivity index (χ0) is 14.7. The van der Waals surface area contributed by atoms with Crippen molar-refractivity contribution < 1.29 is 13.6 Å². The minimum absolute atomic E-state index is 0.109. The molecule has 4 nitrogen and oxygen atoms in total. The van der Waals surface area contributed by atoms with E-state index in [-0.39, 0.29) is 16.9 Å². The normalized spacial score (nSPS) is 10.2. The summed E-state index contributed by atoms with van der Waals surface area (Å²) in [7, 11) is 1.70. The smallest absolute Gasteiger partial charge is 0.274 e. The van der Waals surface area contributed by atoms with E-state index >= 15 is 0 Å². The van der Waals surface area contributed by atoms with Crippen molar-refractivity contribution in [3.63, 3.8) is 0 Å². The van der Waals surface area contributed by atoms with Crippen LogP contribution in [0.3, 0.4) is 0 Å². The Morgan fingerprint density at radius 3 is 2.65 bits per heavy atom. The lowest BCUT2D eigenvalue weighted by atomic mass is 10.2. The molecule has 1 amide bonds. The zero-order valence-electron chi connectivity index (χ0n) is 11.0. The summed E-state index contributed by atoms with van der Waals surface area (Å²) in [5, 5.41) is 5.16. The van der Waals surface area contributed by atoms with Gasteiger partial charge in [-0.05, 0) is 30.7 Å². The number of aryl methyl sites for hydroxylation is 1. The van der Waals surface area contributed by atoms with Crippen molar-refractivity contribution in [2.24, 2.45) is 0 Å². The van der Waals surface area contributed by atoms with Crippen LogP contribution in [0.2, 0.25) is 0 Å². The molecule has 0 unspecified atom stereocenters. The highest BCUT2D eigenvalue weighted by Crippen LogP contribution is 2.19. The Kier molecular flexibility index (Phi) is 3.93. The first-order chi connectivity index (χ1) is 9.51. The summed E-state index contributed by atoms with van der Waals surface area (Å²) in [5.74, 6) is -1.88. The van der Waals surface area contributed by atoms with Crippen LogP contribution in [0.4, 0.5) is 20.2 Å². The number of nitrogens with one attached hydrogen (secondary N) is 2. The molecule has 1 aromatic heterocycles. The number of halogens is 2. The molecule has 2 aromatic rings. The molecule has 0 saturated heterocycles. The number of carbonyl (C=O) groups excluding carboxylic acids is 1. The highest BCUT2D eigenvalue weighted by atomic mass is 19.1. The quantitative estimate of drug-likeness (QED) is 0.907. The standard InChI is InChI=1S/C14H13F2N3O/c1-8-5-11(16)12(7-10(8)15)19-14(20)13-6-9(17-2)3-4-18-13/h3-7H,1-2H3,(H,17,18)(H,19,20). The molecule has 2 rings (SSSR count). The van der Waals surface area contributed by atoms with Crippen molar-refractivity contribution in [2.45, 2.75) is 6.92 Å². The van der Waals surface area contributed by atoms with Gasteiger partial charge in [0.05, 0.1) is 5.69 Å². The van der Waals surface area contributed by atoms with Gasteiger partial charge in [-0.25, -0.2) is 8.78 Å². The van der Waals surface area contributed by atoms with Crippen LogP contribution in [0.25, 0.3) is 0 Å². The molecule has 20 heavy (non-hydrogen) atoms. The molecule has 0 atom stereocenters. The summed E-state index contributed by atoms with van der Waals surface area (Å²) < 4.78 is 27.0. The summed E-state index contributed by atoms with van der Waals surface area (Å²) in [6, 6.07) is 5.17. The van der Waals surface area contributed by atoms with Crippen molar-refractivity contribution in [1.29, 1.82) is 0 Å². The van der Waals surface area contributed by atoms with E-state index in [1.54, 1.807) is 13.1 Å². The Hall–Kier alpha value is -2.50. The van der Waals surface area contributed by atoms with Crippen LogP contribution in [0.5, 0.6) is 0 Å². The van der Waals surface area contributed by atoms with Gasteiger partial charge in [0, 0.05) is 25.0 Å². The molecule has 2 N–H and O–H groups in total. The number of benzene rings is 1. The van der Waals surface area contributed by atoms with Gasteiger partial charge in [-0.15, -0.1) is 0 Å². The largest absolute Gasteiger partial charge is 0.388 e. The molecule has 0 saturated carbocycles. The molecule has 0 spiro atoms. The van der Waals surface area contributed by atoms with Gasteiger partial charge in [-0.2, -0.15) is 0 Å². The Morgan fingerprint density at radius 1 is 1.20 bits per heavy atom. The van der Waals surface area contributed by atoms with Crippen molar-refractivity contribution in [1.82, 2.24) is 4.98 Å². The average molecular weight is 277 g/mol. The number of pyridine rings is 1. The van der Waals surface area contributed by atoms with Crippen LogP contribution in [0.1, 0.15) is 16.1 Å². The molecule has 1 aromatic carbocycles. The second-order valence-corrected chi connectivity index (χ2v) is 4.22. The molecule has 0 bridgehead atoms. The molecular weight excluding hydrogens is 264 g/mol. The second kappa shape index (κ2) is 5.64. The highest BCUT2D eigenvalue weighted by Gasteiger charge is 2.13. The molecule has 0 aliphatic rings. The lowest BCUT2D eigenvalue weighted by molar-refractivity contribution is 0.102. The number of carbonyl (C=O) groups is 1. The Morgan fingerprint density at radius 2 is 1.95 bits per heavy atom. The Balaban J connectivity index is 2.25. The number of rotatable bonds is 3. The number of hydrogen-bond donors (Lipinski definition) is 2. The van der Waals surface area contributed by atoms with Gasteiger partial charge in [0.1, 0.15) is 17.3 Å². The van der Waals surface area contributed by atoms with E-state index in [1.165, 1.54) is 19.2 Å². The molecule has 0 fully saturated rings. The monoisotopic (exact) mass is 277 g/mol. The number of anilines is 2. The van der Waals surface area contributed by atoms with Gasteiger partial charge in [0.2, 0.25) is 0 Å². The van der Waals surface area contributed by atoms with Gasteiger partial charge >= 0.3 is 0 Å². The van der Waals surface area contributed by atoms with Gasteiger partial charge < -0.3 is 10.6 Å². The molecule has 6 heteroatoms. The summed E-state index contributed by atoms with van der Waals surface area (Å²) in [4.78, 5) is 15.8. The maximum atomic E-state index is 13.6. The van der Waals surface area contributed by atoms with Gasteiger partial charge in [-0.1, -0.05) is 0 Å². The van der Waals surface area contributed by atoms with E-state index in [2.05, 4.69) is 15.6 Å². The minimum Gasteiger partial charge on any atom is -0.388 e. The highest BCUT2D eigenvalue weighted by molar-refractivity contribution is 6.03. The van der Waals surface area contributed by atoms with E-state index in [0.29, 0.717) is 5.69 Å². The lowest BCUT2D eigenvalue weighted by Crippen LogP contribution is -2.15. The molecule has 1 heterocycles. The predicted octanol–water partition coefficient (Wildman–Crippen LogP) is 2.96. The fourth-order valence-corrected chi connectivity index (χ4v) is 1.64. The van der Waals surface area contributed by atoms with Crippen LogP contribution in [0.15, 0.2) is 30.5 Å². The van der Waals surface area contributed by atoms with Crippen LogP contribution in [-0.2, 0) is 0 Å². The number of aromatic nitrogens is 1. The first-order valence-electron chi connectivity index (χ1n) is 5.92. The maximum Gasteiger partial charge on any atom is 0.274 e. The molecule has 0 aliphatic heterocycles. The third-order valence-corrected chi connectivity index (χ3v) is 2.78. The van der Waals surface area contributed by atoms with E-state index in [4.69, 9.17) is 0 Å².